The fourth-order valence-corrected chi connectivity index (χ4v) is 4.68. The van der Waals surface area contributed by atoms with E-state index in [1.807, 2.05) is 0 Å². The van der Waals surface area contributed by atoms with Crippen LogP contribution in [-0.2, 0) is 6.42 Å². The standard InChI is InChI=1S/C24H27N5/c1-27-11-4-12-28(14-13-27)23-10-9-19-24(26-23)29-21-6-3-2-5-18(21)16-22(29)20(25-19)15-17-7-8-17/h2-3,5-6,9-10,16-17H,4,7-8,11-15H2,1H3. The van der Waals surface area contributed by atoms with E-state index in [9.17, 15) is 0 Å². The molecule has 4 heterocycles. The Hall–Kier alpha value is -2.66. The van der Waals surface area contributed by atoms with Crippen molar-refractivity contribution in [2.75, 3.05) is 38.1 Å². The number of hydrogen-bond acceptors (Lipinski definition) is 4. The molecule has 0 radical (unpaired) electrons. The van der Waals surface area contributed by atoms with Crippen LogP contribution in [0.5, 0.6) is 0 Å². The maximum atomic E-state index is 5.16. The zero-order valence-corrected chi connectivity index (χ0v) is 17.0. The fourth-order valence-electron chi connectivity index (χ4n) is 4.68. The fraction of sp³-hybridized carbons (Fsp3) is 0.417. The van der Waals surface area contributed by atoms with E-state index in [1.54, 1.807) is 0 Å². The number of anilines is 1. The predicted molar refractivity (Wildman–Crippen MR) is 119 cm³/mol. The van der Waals surface area contributed by atoms with Crippen LogP contribution in [0.15, 0.2) is 42.5 Å². The lowest BCUT2D eigenvalue weighted by Crippen LogP contribution is -2.29. The van der Waals surface area contributed by atoms with Crippen molar-refractivity contribution in [3.05, 3.63) is 48.2 Å². The number of rotatable bonds is 3. The first-order valence-electron chi connectivity index (χ1n) is 10.9. The van der Waals surface area contributed by atoms with E-state index in [-0.39, 0.29) is 0 Å². The minimum atomic E-state index is 0.808. The largest absolute Gasteiger partial charge is 0.355 e. The topological polar surface area (TPSA) is 36.7 Å². The Morgan fingerprint density at radius 1 is 0.931 bits per heavy atom. The van der Waals surface area contributed by atoms with Gasteiger partial charge in [0.1, 0.15) is 11.3 Å². The van der Waals surface area contributed by atoms with E-state index in [4.69, 9.17) is 9.97 Å². The highest BCUT2D eigenvalue weighted by Gasteiger charge is 2.25. The highest BCUT2D eigenvalue weighted by molar-refractivity contribution is 5.93. The van der Waals surface area contributed by atoms with Gasteiger partial charge in [-0.15, -0.1) is 0 Å². The molecule has 1 saturated carbocycles. The third-order valence-electron chi connectivity index (χ3n) is 6.54. The zero-order valence-electron chi connectivity index (χ0n) is 17.0. The molecule has 0 bridgehead atoms. The minimum Gasteiger partial charge on any atom is -0.355 e. The van der Waals surface area contributed by atoms with Crippen molar-refractivity contribution in [1.29, 1.82) is 0 Å². The van der Waals surface area contributed by atoms with Crippen LogP contribution in [0.1, 0.15) is 25.0 Å². The number of fused-ring (bicyclic) bond motifs is 5. The summed E-state index contributed by atoms with van der Waals surface area (Å²) in [4.78, 5) is 15.1. The molecule has 5 heteroatoms. The number of hydrogen-bond donors (Lipinski definition) is 0. The van der Waals surface area contributed by atoms with Crippen LogP contribution in [0.2, 0.25) is 0 Å². The number of benzene rings is 1. The number of aromatic nitrogens is 3. The summed E-state index contributed by atoms with van der Waals surface area (Å²) >= 11 is 0. The highest BCUT2D eigenvalue weighted by Crippen LogP contribution is 2.35. The maximum Gasteiger partial charge on any atom is 0.166 e. The molecule has 2 aliphatic rings. The number of pyridine rings is 1. The lowest BCUT2D eigenvalue weighted by atomic mass is 10.2. The molecule has 2 fully saturated rings. The molecule has 6 rings (SSSR count). The molecule has 148 valence electrons. The molecule has 1 saturated heterocycles. The second-order valence-corrected chi connectivity index (χ2v) is 8.79. The summed E-state index contributed by atoms with van der Waals surface area (Å²) in [6.07, 6.45) is 4.94. The smallest absolute Gasteiger partial charge is 0.166 e. The highest BCUT2D eigenvalue weighted by atomic mass is 15.2. The second kappa shape index (κ2) is 6.70. The van der Waals surface area contributed by atoms with E-state index >= 15 is 0 Å². The Morgan fingerprint density at radius 3 is 2.72 bits per heavy atom. The molecule has 5 nitrogen and oxygen atoms in total. The van der Waals surface area contributed by atoms with E-state index in [1.165, 1.54) is 41.4 Å². The summed E-state index contributed by atoms with van der Waals surface area (Å²) in [5, 5.41) is 1.27. The molecule has 4 aromatic rings. The van der Waals surface area contributed by atoms with Crippen molar-refractivity contribution in [2.24, 2.45) is 5.92 Å². The molecule has 0 unspecified atom stereocenters. The van der Waals surface area contributed by atoms with Gasteiger partial charge in [-0.3, -0.25) is 4.40 Å². The predicted octanol–water partition coefficient (Wildman–Crippen LogP) is 4.13. The average Bonchev–Trinajstić information content (AvgIpc) is 3.50. The summed E-state index contributed by atoms with van der Waals surface area (Å²) in [6, 6.07) is 15.3. The molecule has 0 atom stereocenters. The lowest BCUT2D eigenvalue weighted by Gasteiger charge is -2.22. The van der Waals surface area contributed by atoms with Crippen molar-refractivity contribution >= 4 is 33.4 Å². The van der Waals surface area contributed by atoms with Crippen LogP contribution in [0.4, 0.5) is 5.82 Å². The normalized spacial score (nSPS) is 18.7. The van der Waals surface area contributed by atoms with Crippen molar-refractivity contribution in [1.82, 2.24) is 19.3 Å². The molecular weight excluding hydrogens is 358 g/mol. The summed E-state index contributed by atoms with van der Waals surface area (Å²) in [5.74, 6) is 1.88. The van der Waals surface area contributed by atoms with E-state index in [2.05, 4.69) is 63.7 Å². The first-order valence-corrected chi connectivity index (χ1v) is 10.9. The minimum absolute atomic E-state index is 0.808. The Kier molecular flexibility index (Phi) is 3.98. The lowest BCUT2D eigenvalue weighted by molar-refractivity contribution is 0.360. The third kappa shape index (κ3) is 3.04. The van der Waals surface area contributed by atoms with Crippen molar-refractivity contribution in [3.8, 4) is 0 Å². The summed E-state index contributed by atoms with van der Waals surface area (Å²) < 4.78 is 2.35. The zero-order chi connectivity index (χ0) is 19.4. The molecule has 0 spiro atoms. The van der Waals surface area contributed by atoms with Crippen LogP contribution in [0, 0.1) is 5.92 Å². The molecule has 0 amide bonds. The summed E-state index contributed by atoms with van der Waals surface area (Å²) in [7, 11) is 2.21. The van der Waals surface area contributed by atoms with Gasteiger partial charge in [0.25, 0.3) is 0 Å². The van der Waals surface area contributed by atoms with Gasteiger partial charge in [-0.1, -0.05) is 18.2 Å². The van der Waals surface area contributed by atoms with Crippen LogP contribution in [0.25, 0.3) is 27.6 Å². The molecule has 29 heavy (non-hydrogen) atoms. The van der Waals surface area contributed by atoms with E-state index in [0.29, 0.717) is 0 Å². The molecule has 1 aliphatic carbocycles. The van der Waals surface area contributed by atoms with Gasteiger partial charge in [0.2, 0.25) is 0 Å². The van der Waals surface area contributed by atoms with Crippen LogP contribution < -0.4 is 4.90 Å². The third-order valence-corrected chi connectivity index (χ3v) is 6.54. The summed E-state index contributed by atoms with van der Waals surface area (Å²) in [5.41, 5.74) is 5.67. The van der Waals surface area contributed by atoms with Gasteiger partial charge in [-0.05, 0) is 69.5 Å². The Morgan fingerprint density at radius 2 is 1.83 bits per heavy atom. The van der Waals surface area contributed by atoms with Crippen LogP contribution >= 0.6 is 0 Å². The first-order chi connectivity index (χ1) is 14.3. The van der Waals surface area contributed by atoms with E-state index in [0.717, 1.165) is 55.5 Å². The van der Waals surface area contributed by atoms with Crippen LogP contribution in [-0.4, -0.2) is 52.5 Å². The van der Waals surface area contributed by atoms with Crippen molar-refractivity contribution in [2.45, 2.75) is 25.7 Å². The van der Waals surface area contributed by atoms with Crippen LogP contribution in [0.3, 0.4) is 0 Å². The van der Waals surface area contributed by atoms with E-state index < -0.39 is 0 Å². The number of nitrogens with zero attached hydrogens (tertiary/aromatic N) is 5. The monoisotopic (exact) mass is 385 g/mol. The second-order valence-electron chi connectivity index (χ2n) is 8.79. The Labute approximate surface area is 171 Å². The molecule has 3 aromatic heterocycles. The first kappa shape index (κ1) is 17.2. The number of likely N-dealkylation sites (N-methyl/N-ethyl adjacent to an activating group) is 1. The van der Waals surface area contributed by atoms with Gasteiger partial charge in [-0.25, -0.2) is 9.97 Å². The maximum absolute atomic E-state index is 5.16. The van der Waals surface area contributed by atoms with Gasteiger partial charge in [0, 0.05) is 25.0 Å². The quantitative estimate of drug-likeness (QED) is 0.531. The van der Waals surface area contributed by atoms with Gasteiger partial charge in [0.15, 0.2) is 5.65 Å². The molecule has 0 N–H and O–H groups in total. The Bertz CT molecular complexity index is 1210. The number of para-hydroxylation sites is 1. The Balaban J connectivity index is 1.56. The molecular formula is C24H27N5. The molecule has 1 aliphatic heterocycles. The SMILES string of the molecule is CN1CCCN(c2ccc3nc(CC4CC4)c4cc5ccccc5n4c3n2)CC1. The van der Waals surface area contributed by atoms with Crippen molar-refractivity contribution < 1.29 is 0 Å². The average molecular weight is 386 g/mol. The van der Waals surface area contributed by atoms with Gasteiger partial charge in [-0.2, -0.15) is 0 Å². The van der Waals surface area contributed by atoms with Gasteiger partial charge < -0.3 is 9.80 Å². The molecule has 1 aromatic carbocycles. The van der Waals surface area contributed by atoms with Gasteiger partial charge >= 0.3 is 0 Å². The van der Waals surface area contributed by atoms with Gasteiger partial charge in [0.05, 0.1) is 16.7 Å². The van der Waals surface area contributed by atoms with Crippen molar-refractivity contribution in [3.63, 3.8) is 0 Å². The summed E-state index contributed by atoms with van der Waals surface area (Å²) in [6.45, 7) is 4.33.